The van der Waals surface area contributed by atoms with Gasteiger partial charge < -0.3 is 10.8 Å². The fourth-order valence-corrected chi connectivity index (χ4v) is 3.09. The van der Waals surface area contributed by atoms with Crippen molar-refractivity contribution in [1.82, 2.24) is 0 Å². The first kappa shape index (κ1) is 16.0. The molecule has 0 saturated heterocycles. The standard InChI is InChI=1S/C11H11F2NO5S/c1-5(10(14)15)4-20(18,19)8-3-6(11(16)17)2-7(12)9(8)13/h2-3,5H,4H2,1H3,(H2,14,15)(H,16,17). The van der Waals surface area contributed by atoms with Crippen LogP contribution in [0.25, 0.3) is 0 Å². The Balaban J connectivity index is 3.38. The van der Waals surface area contributed by atoms with E-state index in [-0.39, 0.29) is 0 Å². The molecule has 0 spiro atoms. The number of nitrogens with two attached hydrogens (primary N) is 1. The molecule has 1 rings (SSSR count). The number of aromatic carboxylic acids is 1. The largest absolute Gasteiger partial charge is 0.478 e. The molecule has 3 N–H and O–H groups in total. The Morgan fingerprint density at radius 1 is 1.35 bits per heavy atom. The molecule has 1 aromatic rings. The van der Waals surface area contributed by atoms with Crippen LogP contribution >= 0.6 is 0 Å². The van der Waals surface area contributed by atoms with Crippen molar-refractivity contribution < 1.29 is 31.9 Å². The van der Waals surface area contributed by atoms with Crippen molar-refractivity contribution >= 4 is 21.7 Å². The summed E-state index contributed by atoms with van der Waals surface area (Å²) in [6.45, 7) is 1.20. The first-order valence-electron chi connectivity index (χ1n) is 5.30. The fourth-order valence-electron chi connectivity index (χ4n) is 1.41. The molecular weight excluding hydrogens is 296 g/mol. The van der Waals surface area contributed by atoms with Crippen molar-refractivity contribution in [3.8, 4) is 0 Å². The number of rotatable bonds is 5. The molecule has 9 heteroatoms. The lowest BCUT2D eigenvalue weighted by Gasteiger charge is -2.10. The van der Waals surface area contributed by atoms with E-state index in [4.69, 9.17) is 10.8 Å². The van der Waals surface area contributed by atoms with Crippen LogP contribution in [0.15, 0.2) is 17.0 Å². The molecule has 20 heavy (non-hydrogen) atoms. The highest BCUT2D eigenvalue weighted by molar-refractivity contribution is 7.91. The zero-order valence-electron chi connectivity index (χ0n) is 10.3. The number of amides is 1. The molecule has 0 aliphatic heterocycles. The summed E-state index contributed by atoms with van der Waals surface area (Å²) in [6, 6.07) is 0.873. The summed E-state index contributed by atoms with van der Waals surface area (Å²) in [5.41, 5.74) is 4.19. The minimum Gasteiger partial charge on any atom is -0.478 e. The normalized spacial score (nSPS) is 12.9. The number of sulfone groups is 1. The van der Waals surface area contributed by atoms with Gasteiger partial charge in [-0.15, -0.1) is 0 Å². The van der Waals surface area contributed by atoms with Crippen molar-refractivity contribution in [2.75, 3.05) is 5.75 Å². The number of primary amides is 1. The number of hydrogen-bond acceptors (Lipinski definition) is 4. The van der Waals surface area contributed by atoms with E-state index < -0.39 is 55.5 Å². The number of carbonyl (C=O) groups excluding carboxylic acids is 1. The topological polar surface area (TPSA) is 115 Å². The van der Waals surface area contributed by atoms with Gasteiger partial charge >= 0.3 is 5.97 Å². The maximum atomic E-state index is 13.5. The Hall–Kier alpha value is -2.03. The smallest absolute Gasteiger partial charge is 0.335 e. The molecule has 0 radical (unpaired) electrons. The van der Waals surface area contributed by atoms with E-state index in [2.05, 4.69) is 0 Å². The third-order valence-electron chi connectivity index (χ3n) is 2.53. The fraction of sp³-hybridized carbons (Fsp3) is 0.273. The van der Waals surface area contributed by atoms with E-state index >= 15 is 0 Å². The van der Waals surface area contributed by atoms with Crippen molar-refractivity contribution in [2.24, 2.45) is 11.7 Å². The molecule has 1 aromatic carbocycles. The van der Waals surface area contributed by atoms with Gasteiger partial charge in [0.05, 0.1) is 11.3 Å². The molecule has 0 aromatic heterocycles. The molecule has 1 amide bonds. The van der Waals surface area contributed by atoms with Crippen LogP contribution in [0.3, 0.4) is 0 Å². The molecule has 0 aliphatic carbocycles. The van der Waals surface area contributed by atoms with E-state index in [0.717, 1.165) is 0 Å². The minimum atomic E-state index is -4.39. The second kappa shape index (κ2) is 5.53. The van der Waals surface area contributed by atoms with Gasteiger partial charge in [-0.25, -0.2) is 22.0 Å². The van der Waals surface area contributed by atoms with Gasteiger partial charge in [0.1, 0.15) is 4.90 Å². The summed E-state index contributed by atoms with van der Waals surface area (Å²) < 4.78 is 50.5. The molecule has 0 heterocycles. The third kappa shape index (κ3) is 3.29. The Labute approximate surface area is 113 Å². The lowest BCUT2D eigenvalue weighted by molar-refractivity contribution is -0.120. The Morgan fingerprint density at radius 2 is 1.90 bits per heavy atom. The van der Waals surface area contributed by atoms with E-state index in [1.807, 2.05) is 0 Å². The van der Waals surface area contributed by atoms with Crippen LogP contribution in [0.1, 0.15) is 17.3 Å². The lowest BCUT2D eigenvalue weighted by Crippen LogP contribution is -2.28. The molecule has 0 aliphatic rings. The third-order valence-corrected chi connectivity index (χ3v) is 4.44. The van der Waals surface area contributed by atoms with Crippen molar-refractivity contribution in [2.45, 2.75) is 11.8 Å². The van der Waals surface area contributed by atoms with Crippen LogP contribution in [0.4, 0.5) is 8.78 Å². The highest BCUT2D eigenvalue weighted by Crippen LogP contribution is 2.22. The number of halogens is 2. The number of carbonyl (C=O) groups is 2. The summed E-state index contributed by atoms with van der Waals surface area (Å²) in [4.78, 5) is 20.4. The van der Waals surface area contributed by atoms with E-state index in [1.54, 1.807) is 0 Å². The van der Waals surface area contributed by atoms with Crippen molar-refractivity contribution in [3.63, 3.8) is 0 Å². The first-order chi connectivity index (χ1) is 9.06. The molecule has 110 valence electrons. The van der Waals surface area contributed by atoms with E-state index in [0.29, 0.717) is 12.1 Å². The molecule has 1 unspecified atom stereocenters. The van der Waals surface area contributed by atoms with Crippen LogP contribution in [0.2, 0.25) is 0 Å². The highest BCUT2D eigenvalue weighted by atomic mass is 32.2. The zero-order valence-corrected chi connectivity index (χ0v) is 11.1. The zero-order chi connectivity index (χ0) is 15.7. The highest BCUT2D eigenvalue weighted by Gasteiger charge is 2.28. The second-order valence-electron chi connectivity index (χ2n) is 4.16. The summed E-state index contributed by atoms with van der Waals surface area (Å²) >= 11 is 0. The van der Waals surface area contributed by atoms with Gasteiger partial charge in [0, 0.05) is 5.92 Å². The van der Waals surface area contributed by atoms with Gasteiger partial charge in [-0.1, -0.05) is 6.92 Å². The van der Waals surface area contributed by atoms with Gasteiger partial charge in [-0.2, -0.15) is 0 Å². The maximum absolute atomic E-state index is 13.5. The Kier molecular flexibility index (Phi) is 4.43. The number of benzene rings is 1. The predicted molar refractivity (Wildman–Crippen MR) is 63.7 cm³/mol. The first-order valence-corrected chi connectivity index (χ1v) is 6.96. The predicted octanol–water partition coefficient (Wildman–Crippen LogP) is 0.558. The van der Waals surface area contributed by atoms with Crippen LogP contribution in [-0.4, -0.2) is 31.2 Å². The Bertz CT molecular complexity index is 672. The number of carboxylic acid groups (broad SMARTS) is 1. The van der Waals surface area contributed by atoms with Crippen LogP contribution in [0, 0.1) is 17.6 Å². The summed E-state index contributed by atoms with van der Waals surface area (Å²) in [5.74, 6) is -7.80. The lowest BCUT2D eigenvalue weighted by atomic mass is 10.2. The van der Waals surface area contributed by atoms with E-state index in [1.165, 1.54) is 6.92 Å². The van der Waals surface area contributed by atoms with Gasteiger partial charge in [0.25, 0.3) is 0 Å². The van der Waals surface area contributed by atoms with Gasteiger partial charge in [0.2, 0.25) is 5.91 Å². The number of carboxylic acids is 1. The second-order valence-corrected chi connectivity index (χ2v) is 6.16. The van der Waals surface area contributed by atoms with Gasteiger partial charge in [-0.3, -0.25) is 4.79 Å². The Morgan fingerprint density at radius 3 is 2.35 bits per heavy atom. The molecular formula is C11H11F2NO5S. The minimum absolute atomic E-state index is 0.369. The van der Waals surface area contributed by atoms with Crippen molar-refractivity contribution in [1.29, 1.82) is 0 Å². The summed E-state index contributed by atoms with van der Waals surface area (Å²) in [5, 5.41) is 8.70. The quantitative estimate of drug-likeness (QED) is 0.824. The average Bonchev–Trinajstić information content (AvgIpc) is 2.31. The molecule has 0 bridgehead atoms. The molecule has 1 atom stereocenters. The van der Waals surface area contributed by atoms with E-state index in [9.17, 15) is 26.8 Å². The molecule has 6 nitrogen and oxygen atoms in total. The molecule has 0 fully saturated rings. The molecule has 0 saturated carbocycles. The number of hydrogen-bond donors (Lipinski definition) is 2. The summed E-state index contributed by atoms with van der Waals surface area (Å²) in [7, 11) is -4.39. The SMILES string of the molecule is CC(CS(=O)(=O)c1cc(C(=O)O)cc(F)c1F)C(N)=O. The monoisotopic (exact) mass is 307 g/mol. The van der Waals surface area contributed by atoms with Gasteiger partial charge in [-0.05, 0) is 12.1 Å². The van der Waals surface area contributed by atoms with Crippen LogP contribution < -0.4 is 5.73 Å². The average molecular weight is 307 g/mol. The van der Waals surface area contributed by atoms with Crippen LogP contribution in [-0.2, 0) is 14.6 Å². The van der Waals surface area contributed by atoms with Crippen LogP contribution in [0.5, 0.6) is 0 Å². The van der Waals surface area contributed by atoms with Crippen molar-refractivity contribution in [3.05, 3.63) is 29.3 Å². The summed E-state index contributed by atoms with van der Waals surface area (Å²) in [6.07, 6.45) is 0. The van der Waals surface area contributed by atoms with Gasteiger partial charge in [0.15, 0.2) is 21.5 Å². The maximum Gasteiger partial charge on any atom is 0.335 e.